The number of rotatable bonds is 5. The summed E-state index contributed by atoms with van der Waals surface area (Å²) in [7, 11) is 3.34. The zero-order valence-corrected chi connectivity index (χ0v) is 12.6. The summed E-state index contributed by atoms with van der Waals surface area (Å²) in [6.45, 7) is 4.41. The Morgan fingerprint density at radius 2 is 2.16 bits per heavy atom. The highest BCUT2D eigenvalue weighted by atomic mass is 32.1. The minimum Gasteiger partial charge on any atom is -0.469 e. The highest BCUT2D eigenvalue weighted by molar-refractivity contribution is 7.80. The third-order valence-corrected chi connectivity index (χ3v) is 3.29. The van der Waals surface area contributed by atoms with E-state index in [2.05, 4.69) is 0 Å². The van der Waals surface area contributed by atoms with Crippen LogP contribution in [0.5, 0.6) is 0 Å². The molecule has 0 aromatic heterocycles. The molecule has 0 saturated heterocycles. The van der Waals surface area contributed by atoms with Crippen LogP contribution in [0, 0.1) is 12.8 Å². The highest BCUT2D eigenvalue weighted by Crippen LogP contribution is 2.19. The molecule has 0 aliphatic rings. The summed E-state index contributed by atoms with van der Waals surface area (Å²) in [4.78, 5) is 13.8. The van der Waals surface area contributed by atoms with Gasteiger partial charge in [0, 0.05) is 24.8 Å². The quantitative estimate of drug-likeness (QED) is 0.659. The second kappa shape index (κ2) is 6.52. The van der Waals surface area contributed by atoms with Gasteiger partial charge in [0.05, 0.1) is 13.0 Å². The molecule has 2 N–H and O–H groups in total. The van der Waals surface area contributed by atoms with Crippen molar-refractivity contribution in [2.45, 2.75) is 13.8 Å². The van der Waals surface area contributed by atoms with Crippen molar-refractivity contribution in [3.05, 3.63) is 29.3 Å². The van der Waals surface area contributed by atoms with Crippen molar-refractivity contribution in [3.63, 3.8) is 0 Å². The van der Waals surface area contributed by atoms with E-state index < -0.39 is 0 Å². The number of hydrogen-bond acceptors (Lipinski definition) is 4. The highest BCUT2D eigenvalue weighted by Gasteiger charge is 2.16. The fraction of sp³-hybridized carbons (Fsp3) is 0.429. The number of esters is 1. The first kappa shape index (κ1) is 15.4. The molecular formula is C14H20N2O2S. The van der Waals surface area contributed by atoms with Crippen LogP contribution in [0.1, 0.15) is 18.1 Å². The molecule has 1 unspecified atom stereocenters. The van der Waals surface area contributed by atoms with Crippen molar-refractivity contribution in [1.82, 2.24) is 0 Å². The minimum atomic E-state index is -0.205. The molecule has 0 spiro atoms. The summed E-state index contributed by atoms with van der Waals surface area (Å²) in [5.74, 6) is -0.381. The van der Waals surface area contributed by atoms with E-state index in [-0.39, 0.29) is 11.9 Å². The topological polar surface area (TPSA) is 55.6 Å². The van der Waals surface area contributed by atoms with E-state index in [0.29, 0.717) is 11.5 Å². The first-order chi connectivity index (χ1) is 8.86. The molecule has 1 atom stereocenters. The summed E-state index contributed by atoms with van der Waals surface area (Å²) in [6.07, 6.45) is 0. The standard InChI is InChI=1S/C14H20N2O2S/c1-9-7-11(5-6-12(9)13(15)19)16(3)8-10(2)14(17)18-4/h5-7,10H,8H2,1-4H3,(H2,15,19). The molecule has 0 saturated carbocycles. The summed E-state index contributed by atoms with van der Waals surface area (Å²) in [5.41, 5.74) is 8.57. The predicted molar refractivity (Wildman–Crippen MR) is 81.5 cm³/mol. The van der Waals surface area contributed by atoms with Gasteiger partial charge in [0.25, 0.3) is 0 Å². The normalized spacial score (nSPS) is 11.8. The Hall–Kier alpha value is -1.62. The van der Waals surface area contributed by atoms with Gasteiger partial charge in [0.2, 0.25) is 0 Å². The van der Waals surface area contributed by atoms with E-state index >= 15 is 0 Å². The Bertz CT molecular complexity index is 488. The molecule has 0 aliphatic heterocycles. The number of nitrogens with two attached hydrogens (primary N) is 1. The van der Waals surface area contributed by atoms with Crippen LogP contribution in [-0.4, -0.2) is 31.7 Å². The predicted octanol–water partition coefficient (Wildman–Crippen LogP) is 1.87. The summed E-state index contributed by atoms with van der Waals surface area (Å²) >= 11 is 4.98. The first-order valence-electron chi connectivity index (χ1n) is 6.06. The third kappa shape index (κ3) is 3.92. The zero-order valence-electron chi connectivity index (χ0n) is 11.8. The minimum absolute atomic E-state index is 0.175. The Morgan fingerprint density at radius 1 is 1.53 bits per heavy atom. The maximum Gasteiger partial charge on any atom is 0.310 e. The lowest BCUT2D eigenvalue weighted by Gasteiger charge is -2.23. The molecule has 0 aliphatic carbocycles. The van der Waals surface area contributed by atoms with Gasteiger partial charge in [0.15, 0.2) is 0 Å². The van der Waals surface area contributed by atoms with Gasteiger partial charge >= 0.3 is 5.97 Å². The number of anilines is 1. The van der Waals surface area contributed by atoms with E-state index in [1.54, 1.807) is 0 Å². The number of ether oxygens (including phenoxy) is 1. The van der Waals surface area contributed by atoms with Crippen LogP contribution in [0.25, 0.3) is 0 Å². The number of carbonyl (C=O) groups excluding carboxylic acids is 1. The van der Waals surface area contributed by atoms with Gasteiger partial charge in [-0.1, -0.05) is 19.1 Å². The largest absolute Gasteiger partial charge is 0.469 e. The fourth-order valence-electron chi connectivity index (χ4n) is 1.95. The van der Waals surface area contributed by atoms with E-state index in [4.69, 9.17) is 22.7 Å². The number of aryl methyl sites for hydroxylation is 1. The molecular weight excluding hydrogens is 260 g/mol. The Kier molecular flexibility index (Phi) is 5.30. The Labute approximate surface area is 119 Å². The monoisotopic (exact) mass is 280 g/mol. The van der Waals surface area contributed by atoms with Crippen molar-refractivity contribution in [1.29, 1.82) is 0 Å². The van der Waals surface area contributed by atoms with Crippen LogP contribution < -0.4 is 10.6 Å². The summed E-state index contributed by atoms with van der Waals surface area (Å²) in [5, 5.41) is 0. The number of hydrogen-bond donors (Lipinski definition) is 1. The van der Waals surface area contributed by atoms with Crippen LogP contribution in [0.3, 0.4) is 0 Å². The molecule has 1 aromatic rings. The number of carbonyl (C=O) groups is 1. The van der Waals surface area contributed by atoms with Crippen molar-refractivity contribution in [3.8, 4) is 0 Å². The number of nitrogens with zero attached hydrogens (tertiary/aromatic N) is 1. The zero-order chi connectivity index (χ0) is 14.6. The molecule has 104 valence electrons. The Balaban J connectivity index is 2.83. The van der Waals surface area contributed by atoms with Gasteiger partial charge in [-0.2, -0.15) is 0 Å². The third-order valence-electron chi connectivity index (χ3n) is 3.07. The smallest absolute Gasteiger partial charge is 0.310 e. The van der Waals surface area contributed by atoms with Gasteiger partial charge in [0.1, 0.15) is 4.99 Å². The lowest BCUT2D eigenvalue weighted by Crippen LogP contribution is -2.29. The first-order valence-corrected chi connectivity index (χ1v) is 6.47. The number of benzene rings is 1. The Morgan fingerprint density at radius 3 is 2.63 bits per heavy atom. The van der Waals surface area contributed by atoms with Gasteiger partial charge < -0.3 is 15.4 Å². The molecule has 5 heteroatoms. The molecule has 4 nitrogen and oxygen atoms in total. The molecule has 0 fully saturated rings. The van der Waals surface area contributed by atoms with Crippen LogP contribution in [0.15, 0.2) is 18.2 Å². The molecule has 0 bridgehead atoms. The lowest BCUT2D eigenvalue weighted by molar-refractivity contribution is -0.144. The summed E-state index contributed by atoms with van der Waals surface area (Å²) in [6, 6.07) is 5.87. The van der Waals surface area contributed by atoms with Gasteiger partial charge in [-0.05, 0) is 30.7 Å². The van der Waals surface area contributed by atoms with Gasteiger partial charge in [-0.15, -0.1) is 0 Å². The molecule has 0 heterocycles. The van der Waals surface area contributed by atoms with Crippen LogP contribution in [0.4, 0.5) is 5.69 Å². The average molecular weight is 280 g/mol. The van der Waals surface area contributed by atoms with E-state index in [1.165, 1.54) is 7.11 Å². The molecule has 0 amide bonds. The second-order valence-corrected chi connectivity index (χ2v) is 5.11. The molecule has 1 rings (SSSR count). The number of thiocarbonyl (C=S) groups is 1. The van der Waals surface area contributed by atoms with E-state index in [0.717, 1.165) is 16.8 Å². The average Bonchev–Trinajstić information content (AvgIpc) is 2.36. The van der Waals surface area contributed by atoms with Crippen LogP contribution in [-0.2, 0) is 9.53 Å². The molecule has 1 aromatic carbocycles. The van der Waals surface area contributed by atoms with Crippen LogP contribution >= 0.6 is 12.2 Å². The second-order valence-electron chi connectivity index (χ2n) is 4.67. The van der Waals surface area contributed by atoms with E-state index in [9.17, 15) is 4.79 Å². The van der Waals surface area contributed by atoms with E-state index in [1.807, 2.05) is 44.0 Å². The van der Waals surface area contributed by atoms with Crippen molar-refractivity contribution in [2.24, 2.45) is 11.7 Å². The van der Waals surface area contributed by atoms with Crippen molar-refractivity contribution >= 4 is 28.9 Å². The van der Waals surface area contributed by atoms with Gasteiger partial charge in [-0.25, -0.2) is 0 Å². The maximum atomic E-state index is 11.4. The number of methoxy groups -OCH3 is 1. The fourth-order valence-corrected chi connectivity index (χ4v) is 2.18. The maximum absolute atomic E-state index is 11.4. The van der Waals surface area contributed by atoms with Crippen molar-refractivity contribution < 1.29 is 9.53 Å². The van der Waals surface area contributed by atoms with Gasteiger partial charge in [-0.3, -0.25) is 4.79 Å². The molecule has 19 heavy (non-hydrogen) atoms. The molecule has 0 radical (unpaired) electrons. The lowest BCUT2D eigenvalue weighted by atomic mass is 10.1. The summed E-state index contributed by atoms with van der Waals surface area (Å²) < 4.78 is 4.72. The van der Waals surface area contributed by atoms with Crippen molar-refractivity contribution in [2.75, 3.05) is 25.6 Å². The SMILES string of the molecule is COC(=O)C(C)CN(C)c1ccc(C(N)=S)c(C)c1. The van der Waals surface area contributed by atoms with Crippen LogP contribution in [0.2, 0.25) is 0 Å².